The first kappa shape index (κ1) is 8.35. The molecule has 2 N–H and O–H groups in total. The van der Waals surface area contributed by atoms with E-state index in [9.17, 15) is 0 Å². The van der Waals surface area contributed by atoms with Crippen LogP contribution in [-0.2, 0) is 0 Å². The van der Waals surface area contributed by atoms with Crippen molar-refractivity contribution in [2.75, 3.05) is 12.5 Å². The molecule has 0 amide bonds. The van der Waals surface area contributed by atoms with Gasteiger partial charge in [0.15, 0.2) is 11.5 Å². The number of nitrogen functional groups attached to an aromatic ring is 1. The molecule has 2 heterocycles. The van der Waals surface area contributed by atoms with Crippen LogP contribution in [0.5, 0.6) is 11.5 Å². The first-order valence-corrected chi connectivity index (χ1v) is 4.70. The van der Waals surface area contributed by atoms with Gasteiger partial charge >= 0.3 is 0 Å². The van der Waals surface area contributed by atoms with Gasteiger partial charge in [-0.2, -0.15) is 0 Å². The average molecular weight is 202 g/mol. The number of aromatic nitrogens is 1. The van der Waals surface area contributed by atoms with E-state index in [0.29, 0.717) is 5.82 Å². The second-order valence-corrected chi connectivity index (χ2v) is 3.59. The van der Waals surface area contributed by atoms with Crippen molar-refractivity contribution in [3.05, 3.63) is 23.8 Å². The number of fused-ring (bicyclic) bond motifs is 2. The summed E-state index contributed by atoms with van der Waals surface area (Å²) in [6.07, 6.45) is 0. The Balaban J connectivity index is 2.34. The van der Waals surface area contributed by atoms with Crippen molar-refractivity contribution < 1.29 is 9.47 Å². The molecule has 1 aliphatic heterocycles. The fraction of sp³-hybridized carbons (Fsp3) is 0.182. The second-order valence-electron chi connectivity index (χ2n) is 3.59. The molecule has 1 aliphatic rings. The molecule has 3 rings (SSSR count). The first-order chi connectivity index (χ1) is 7.24. The molecule has 2 aromatic rings. The SMILES string of the molecule is Cc1cc2cc3c(cc2nc1N)OCO3. The third-order valence-electron chi connectivity index (χ3n) is 2.54. The lowest BCUT2D eigenvalue weighted by Gasteiger charge is -2.03. The zero-order chi connectivity index (χ0) is 10.4. The number of anilines is 1. The highest BCUT2D eigenvalue weighted by Gasteiger charge is 2.14. The Kier molecular flexibility index (Phi) is 1.54. The molecule has 1 aromatic carbocycles. The highest BCUT2D eigenvalue weighted by atomic mass is 16.7. The van der Waals surface area contributed by atoms with Gasteiger partial charge in [-0.25, -0.2) is 4.98 Å². The van der Waals surface area contributed by atoms with E-state index in [1.165, 1.54) is 0 Å². The number of rotatable bonds is 0. The summed E-state index contributed by atoms with van der Waals surface area (Å²) in [7, 11) is 0. The van der Waals surface area contributed by atoms with E-state index in [4.69, 9.17) is 15.2 Å². The molecular weight excluding hydrogens is 192 g/mol. The summed E-state index contributed by atoms with van der Waals surface area (Å²) in [5, 5.41) is 1.02. The molecule has 0 fully saturated rings. The summed E-state index contributed by atoms with van der Waals surface area (Å²) in [4.78, 5) is 4.29. The molecule has 4 heteroatoms. The predicted molar refractivity (Wildman–Crippen MR) is 57.0 cm³/mol. The van der Waals surface area contributed by atoms with E-state index in [1.54, 1.807) is 0 Å². The normalized spacial score (nSPS) is 13.4. The van der Waals surface area contributed by atoms with Gasteiger partial charge in [0, 0.05) is 11.5 Å². The predicted octanol–water partition coefficient (Wildman–Crippen LogP) is 1.85. The summed E-state index contributed by atoms with van der Waals surface area (Å²) in [5.41, 5.74) is 7.56. The van der Waals surface area contributed by atoms with Gasteiger partial charge in [0.2, 0.25) is 6.79 Å². The number of aryl methyl sites for hydroxylation is 1. The van der Waals surface area contributed by atoms with Crippen LogP contribution in [0, 0.1) is 6.92 Å². The molecule has 0 saturated heterocycles. The van der Waals surface area contributed by atoms with Gasteiger partial charge in [-0.3, -0.25) is 0 Å². The van der Waals surface area contributed by atoms with Crippen LogP contribution >= 0.6 is 0 Å². The summed E-state index contributed by atoms with van der Waals surface area (Å²) < 4.78 is 10.6. The molecule has 0 atom stereocenters. The number of ether oxygens (including phenoxy) is 2. The minimum atomic E-state index is 0.278. The standard InChI is InChI=1S/C11H10N2O2/c1-6-2-7-3-9-10(15-5-14-9)4-8(7)13-11(6)12/h2-4H,5H2,1H3,(H2,12,13). The van der Waals surface area contributed by atoms with E-state index in [-0.39, 0.29) is 6.79 Å². The molecule has 0 bridgehead atoms. The van der Waals surface area contributed by atoms with Crippen LogP contribution in [0.25, 0.3) is 10.9 Å². The van der Waals surface area contributed by atoms with Gasteiger partial charge in [0.05, 0.1) is 5.52 Å². The Labute approximate surface area is 86.6 Å². The highest BCUT2D eigenvalue weighted by molar-refractivity contribution is 5.85. The largest absolute Gasteiger partial charge is 0.454 e. The zero-order valence-corrected chi connectivity index (χ0v) is 8.28. The molecule has 1 aromatic heterocycles. The van der Waals surface area contributed by atoms with Gasteiger partial charge in [-0.05, 0) is 24.6 Å². The average Bonchev–Trinajstić information content (AvgIpc) is 2.63. The first-order valence-electron chi connectivity index (χ1n) is 4.70. The number of pyridine rings is 1. The minimum absolute atomic E-state index is 0.278. The molecule has 0 saturated carbocycles. The van der Waals surface area contributed by atoms with Crippen molar-refractivity contribution in [2.45, 2.75) is 6.92 Å². The molecule has 0 spiro atoms. The van der Waals surface area contributed by atoms with Crippen LogP contribution in [0.15, 0.2) is 18.2 Å². The lowest BCUT2D eigenvalue weighted by Crippen LogP contribution is -1.94. The lowest BCUT2D eigenvalue weighted by molar-refractivity contribution is 0.174. The van der Waals surface area contributed by atoms with Crippen LogP contribution in [0.2, 0.25) is 0 Å². The zero-order valence-electron chi connectivity index (χ0n) is 8.28. The molecule has 4 nitrogen and oxygen atoms in total. The Morgan fingerprint density at radius 3 is 2.73 bits per heavy atom. The molecular formula is C11H10N2O2. The maximum atomic E-state index is 5.75. The quantitative estimate of drug-likeness (QED) is 0.708. The Morgan fingerprint density at radius 2 is 1.93 bits per heavy atom. The van der Waals surface area contributed by atoms with E-state index < -0.39 is 0 Å². The fourth-order valence-electron chi connectivity index (χ4n) is 1.68. The van der Waals surface area contributed by atoms with Crippen molar-refractivity contribution in [3.63, 3.8) is 0 Å². The summed E-state index contributed by atoms with van der Waals surface area (Å²) >= 11 is 0. The number of nitrogens with two attached hydrogens (primary N) is 1. The Bertz CT molecular complexity index is 503. The summed E-state index contributed by atoms with van der Waals surface area (Å²) in [5.74, 6) is 2.06. The van der Waals surface area contributed by atoms with Crippen LogP contribution in [0.4, 0.5) is 5.82 Å². The molecule has 0 radical (unpaired) electrons. The van der Waals surface area contributed by atoms with Crippen molar-refractivity contribution in [2.24, 2.45) is 0 Å². The lowest BCUT2D eigenvalue weighted by atomic mass is 10.1. The molecule has 0 aliphatic carbocycles. The molecule has 15 heavy (non-hydrogen) atoms. The van der Waals surface area contributed by atoms with Gasteiger partial charge in [-0.1, -0.05) is 0 Å². The van der Waals surface area contributed by atoms with Crippen LogP contribution in [0.1, 0.15) is 5.56 Å². The second kappa shape index (κ2) is 2.76. The maximum Gasteiger partial charge on any atom is 0.231 e. The van der Waals surface area contributed by atoms with Gasteiger partial charge in [0.1, 0.15) is 5.82 Å². The van der Waals surface area contributed by atoms with Crippen molar-refractivity contribution in [1.29, 1.82) is 0 Å². The molecule has 76 valence electrons. The highest BCUT2D eigenvalue weighted by Crippen LogP contribution is 2.36. The third-order valence-corrected chi connectivity index (χ3v) is 2.54. The number of benzene rings is 1. The van der Waals surface area contributed by atoms with Gasteiger partial charge < -0.3 is 15.2 Å². The van der Waals surface area contributed by atoms with E-state index in [2.05, 4.69) is 4.98 Å². The number of hydrogen-bond donors (Lipinski definition) is 1. The van der Waals surface area contributed by atoms with Crippen LogP contribution < -0.4 is 15.2 Å². The monoisotopic (exact) mass is 202 g/mol. The van der Waals surface area contributed by atoms with E-state index in [1.807, 2.05) is 25.1 Å². The smallest absolute Gasteiger partial charge is 0.231 e. The Morgan fingerprint density at radius 1 is 1.20 bits per heavy atom. The molecule has 0 unspecified atom stereocenters. The number of hydrogen-bond acceptors (Lipinski definition) is 4. The van der Waals surface area contributed by atoms with E-state index in [0.717, 1.165) is 28.0 Å². The minimum Gasteiger partial charge on any atom is -0.454 e. The number of nitrogens with zero attached hydrogens (tertiary/aromatic N) is 1. The van der Waals surface area contributed by atoms with Crippen LogP contribution in [0.3, 0.4) is 0 Å². The summed E-state index contributed by atoms with van der Waals surface area (Å²) in [6, 6.07) is 5.78. The van der Waals surface area contributed by atoms with Crippen molar-refractivity contribution >= 4 is 16.7 Å². The van der Waals surface area contributed by atoms with Gasteiger partial charge in [0.25, 0.3) is 0 Å². The van der Waals surface area contributed by atoms with Crippen molar-refractivity contribution in [3.8, 4) is 11.5 Å². The van der Waals surface area contributed by atoms with E-state index >= 15 is 0 Å². The maximum absolute atomic E-state index is 5.75. The topological polar surface area (TPSA) is 57.4 Å². The van der Waals surface area contributed by atoms with Gasteiger partial charge in [-0.15, -0.1) is 0 Å². The Hall–Kier alpha value is -1.97. The third kappa shape index (κ3) is 1.18. The van der Waals surface area contributed by atoms with Crippen molar-refractivity contribution in [1.82, 2.24) is 4.98 Å². The fourth-order valence-corrected chi connectivity index (χ4v) is 1.68. The summed E-state index contributed by atoms with van der Waals surface area (Å²) in [6.45, 7) is 2.21. The van der Waals surface area contributed by atoms with Crippen LogP contribution in [-0.4, -0.2) is 11.8 Å².